The van der Waals surface area contributed by atoms with Crippen LogP contribution in [0.2, 0.25) is 0 Å². The minimum Gasteiger partial charge on any atom is -0.449 e. The van der Waals surface area contributed by atoms with E-state index in [0.717, 1.165) is 6.42 Å². The molecule has 24 heavy (non-hydrogen) atoms. The number of aryl methyl sites for hydroxylation is 1. The zero-order chi connectivity index (χ0) is 17.5. The number of nitrogens with one attached hydrogen (secondary N) is 2. The van der Waals surface area contributed by atoms with E-state index in [1.165, 1.54) is 5.56 Å². The second kappa shape index (κ2) is 8.15. The second-order valence-corrected chi connectivity index (χ2v) is 5.38. The van der Waals surface area contributed by atoms with Gasteiger partial charge in [0.2, 0.25) is 0 Å². The quantitative estimate of drug-likeness (QED) is 0.798. The number of ether oxygens (including phenoxy) is 1. The van der Waals surface area contributed by atoms with Crippen molar-refractivity contribution in [3.8, 4) is 0 Å². The van der Waals surface area contributed by atoms with E-state index in [-0.39, 0.29) is 5.91 Å². The van der Waals surface area contributed by atoms with E-state index in [0.29, 0.717) is 16.9 Å². The standard InChI is InChI=1S/C19H22N2O3/c1-4-14-9-11-15(12-10-14)21-18(22)13(2)24-19(23)16-7-5-6-8-17(16)20-3/h5-13,20H,4H2,1-3H3,(H,21,22)/t13-/m1/s1. The van der Waals surface area contributed by atoms with Crippen molar-refractivity contribution in [3.05, 3.63) is 59.7 Å². The van der Waals surface area contributed by atoms with Crippen LogP contribution in [0, 0.1) is 0 Å². The number of hydrogen-bond acceptors (Lipinski definition) is 4. The van der Waals surface area contributed by atoms with Crippen molar-refractivity contribution in [2.45, 2.75) is 26.4 Å². The van der Waals surface area contributed by atoms with Gasteiger partial charge in [0.05, 0.1) is 5.56 Å². The smallest absolute Gasteiger partial charge is 0.341 e. The Morgan fingerprint density at radius 3 is 2.38 bits per heavy atom. The highest BCUT2D eigenvalue weighted by Gasteiger charge is 2.20. The molecule has 0 aliphatic carbocycles. The summed E-state index contributed by atoms with van der Waals surface area (Å²) in [5.41, 5.74) is 2.92. The Hall–Kier alpha value is -2.82. The Kier molecular flexibility index (Phi) is 5.95. The van der Waals surface area contributed by atoms with Gasteiger partial charge in [0.1, 0.15) is 0 Å². The van der Waals surface area contributed by atoms with Crippen molar-refractivity contribution in [2.75, 3.05) is 17.7 Å². The molecule has 0 saturated carbocycles. The molecule has 1 atom stereocenters. The van der Waals surface area contributed by atoms with Gasteiger partial charge < -0.3 is 15.4 Å². The topological polar surface area (TPSA) is 67.4 Å². The van der Waals surface area contributed by atoms with Crippen LogP contribution in [0.25, 0.3) is 0 Å². The molecular weight excluding hydrogens is 304 g/mol. The van der Waals surface area contributed by atoms with Crippen molar-refractivity contribution in [3.63, 3.8) is 0 Å². The summed E-state index contributed by atoms with van der Waals surface area (Å²) in [6.07, 6.45) is 0.0425. The lowest BCUT2D eigenvalue weighted by atomic mass is 10.1. The van der Waals surface area contributed by atoms with Gasteiger partial charge in [0.15, 0.2) is 6.10 Å². The Labute approximate surface area is 142 Å². The van der Waals surface area contributed by atoms with E-state index in [2.05, 4.69) is 17.6 Å². The van der Waals surface area contributed by atoms with Crippen LogP contribution in [0.15, 0.2) is 48.5 Å². The maximum Gasteiger partial charge on any atom is 0.341 e. The average molecular weight is 326 g/mol. The van der Waals surface area contributed by atoms with E-state index in [4.69, 9.17) is 4.74 Å². The predicted octanol–water partition coefficient (Wildman–Crippen LogP) is 3.47. The number of esters is 1. The van der Waals surface area contributed by atoms with Crippen molar-refractivity contribution in [2.24, 2.45) is 0 Å². The molecule has 0 saturated heterocycles. The SMILES string of the molecule is CCc1ccc(NC(=O)[C@@H](C)OC(=O)c2ccccc2NC)cc1. The normalized spacial score (nSPS) is 11.5. The van der Waals surface area contributed by atoms with Crippen LogP contribution in [-0.2, 0) is 16.0 Å². The monoisotopic (exact) mass is 326 g/mol. The first-order valence-electron chi connectivity index (χ1n) is 7.92. The molecule has 2 aromatic carbocycles. The van der Waals surface area contributed by atoms with E-state index < -0.39 is 12.1 Å². The predicted molar refractivity (Wildman–Crippen MR) is 95.3 cm³/mol. The van der Waals surface area contributed by atoms with E-state index in [1.54, 1.807) is 32.2 Å². The Bertz CT molecular complexity index is 711. The molecule has 5 nitrogen and oxygen atoms in total. The maximum absolute atomic E-state index is 12.2. The first-order chi connectivity index (χ1) is 11.5. The average Bonchev–Trinajstić information content (AvgIpc) is 2.62. The first kappa shape index (κ1) is 17.5. The highest BCUT2D eigenvalue weighted by atomic mass is 16.5. The largest absolute Gasteiger partial charge is 0.449 e. The number of hydrogen-bond donors (Lipinski definition) is 2. The third kappa shape index (κ3) is 4.35. The summed E-state index contributed by atoms with van der Waals surface area (Å²) >= 11 is 0. The second-order valence-electron chi connectivity index (χ2n) is 5.38. The zero-order valence-electron chi connectivity index (χ0n) is 14.1. The molecule has 0 unspecified atom stereocenters. The number of amides is 1. The van der Waals surface area contributed by atoms with Gasteiger partial charge in [-0.1, -0.05) is 31.2 Å². The maximum atomic E-state index is 12.2. The number of carbonyl (C=O) groups is 2. The van der Waals surface area contributed by atoms with Gasteiger partial charge in [0.25, 0.3) is 5.91 Å². The summed E-state index contributed by atoms with van der Waals surface area (Å²) in [6.45, 7) is 3.62. The molecule has 0 aliphatic rings. The molecule has 126 valence electrons. The van der Waals surface area contributed by atoms with Gasteiger partial charge >= 0.3 is 5.97 Å². The number of carbonyl (C=O) groups excluding carboxylic acids is 2. The fraction of sp³-hybridized carbons (Fsp3) is 0.263. The Morgan fingerprint density at radius 2 is 1.75 bits per heavy atom. The lowest BCUT2D eigenvalue weighted by Gasteiger charge is -2.15. The highest BCUT2D eigenvalue weighted by molar-refractivity contribution is 5.99. The van der Waals surface area contributed by atoms with Crippen LogP contribution < -0.4 is 10.6 Å². The lowest BCUT2D eigenvalue weighted by Crippen LogP contribution is -2.30. The summed E-state index contributed by atoms with van der Waals surface area (Å²) in [5.74, 6) is -0.904. The van der Waals surface area contributed by atoms with Crippen LogP contribution in [0.4, 0.5) is 11.4 Å². The molecule has 0 radical (unpaired) electrons. The summed E-state index contributed by atoms with van der Waals surface area (Å²) in [7, 11) is 1.72. The van der Waals surface area contributed by atoms with Crippen molar-refractivity contribution in [1.29, 1.82) is 0 Å². The third-order valence-corrected chi connectivity index (χ3v) is 3.70. The summed E-state index contributed by atoms with van der Waals surface area (Å²) in [5, 5.41) is 5.67. The van der Waals surface area contributed by atoms with Gasteiger partial charge in [-0.25, -0.2) is 4.79 Å². The van der Waals surface area contributed by atoms with Crippen LogP contribution in [-0.4, -0.2) is 25.0 Å². The molecule has 0 aromatic heterocycles. The van der Waals surface area contributed by atoms with Gasteiger partial charge in [-0.2, -0.15) is 0 Å². The lowest BCUT2D eigenvalue weighted by molar-refractivity contribution is -0.123. The van der Waals surface area contributed by atoms with Crippen molar-refractivity contribution < 1.29 is 14.3 Å². The molecule has 5 heteroatoms. The molecule has 1 amide bonds. The fourth-order valence-corrected chi connectivity index (χ4v) is 2.22. The Morgan fingerprint density at radius 1 is 1.08 bits per heavy atom. The highest BCUT2D eigenvalue weighted by Crippen LogP contribution is 2.17. The fourth-order valence-electron chi connectivity index (χ4n) is 2.22. The van der Waals surface area contributed by atoms with Crippen LogP contribution in [0.5, 0.6) is 0 Å². The van der Waals surface area contributed by atoms with E-state index in [9.17, 15) is 9.59 Å². The van der Waals surface area contributed by atoms with E-state index in [1.807, 2.05) is 30.3 Å². The van der Waals surface area contributed by atoms with Crippen LogP contribution in [0.1, 0.15) is 29.8 Å². The molecule has 0 fully saturated rings. The molecule has 2 aromatic rings. The molecule has 0 bridgehead atoms. The van der Waals surface area contributed by atoms with Gasteiger partial charge in [-0.05, 0) is 43.2 Å². The zero-order valence-corrected chi connectivity index (χ0v) is 14.1. The van der Waals surface area contributed by atoms with Gasteiger partial charge in [0, 0.05) is 18.4 Å². The molecule has 2 rings (SSSR count). The van der Waals surface area contributed by atoms with Crippen molar-refractivity contribution >= 4 is 23.3 Å². The molecule has 2 N–H and O–H groups in total. The Balaban J connectivity index is 1.98. The molecule has 0 spiro atoms. The minimum atomic E-state index is -0.895. The number of benzene rings is 2. The summed E-state index contributed by atoms with van der Waals surface area (Å²) < 4.78 is 5.27. The first-order valence-corrected chi connectivity index (χ1v) is 7.92. The number of rotatable bonds is 6. The van der Waals surface area contributed by atoms with Gasteiger partial charge in [-0.15, -0.1) is 0 Å². The number of anilines is 2. The van der Waals surface area contributed by atoms with Crippen LogP contribution in [0.3, 0.4) is 0 Å². The molecular formula is C19H22N2O3. The van der Waals surface area contributed by atoms with Gasteiger partial charge in [-0.3, -0.25) is 4.79 Å². The van der Waals surface area contributed by atoms with Crippen LogP contribution >= 0.6 is 0 Å². The van der Waals surface area contributed by atoms with E-state index >= 15 is 0 Å². The number of para-hydroxylation sites is 1. The molecule has 0 aliphatic heterocycles. The minimum absolute atomic E-state index is 0.366. The third-order valence-electron chi connectivity index (χ3n) is 3.70. The van der Waals surface area contributed by atoms with Crippen molar-refractivity contribution in [1.82, 2.24) is 0 Å². The summed E-state index contributed by atoms with van der Waals surface area (Å²) in [4.78, 5) is 24.4. The summed E-state index contributed by atoms with van der Waals surface area (Å²) in [6, 6.07) is 14.6. The molecule has 0 heterocycles.